The largest absolute Gasteiger partial charge is 0.444 e. The van der Waals surface area contributed by atoms with Crippen molar-refractivity contribution in [3.05, 3.63) is 35.1 Å². The standard InChI is InChI=1S/C24H34FN3O4/c1-16-7-8-17(14-19(16)25)15-26-21(29)18-9-12-27(13-10-18)22(30)20-6-5-11-28(20)23(31)32-24(2,3)4/h7-8,14,18,20H,5-6,9-13,15H2,1-4H3,(H,26,29)/t20-/m0/s1. The predicted octanol–water partition coefficient (Wildman–Crippen LogP) is 3.39. The quantitative estimate of drug-likeness (QED) is 0.768. The summed E-state index contributed by atoms with van der Waals surface area (Å²) in [6.07, 6.45) is 2.09. The summed E-state index contributed by atoms with van der Waals surface area (Å²) in [5.74, 6) is -0.604. The molecule has 1 aromatic carbocycles. The van der Waals surface area contributed by atoms with Gasteiger partial charge in [0.2, 0.25) is 11.8 Å². The molecule has 1 aromatic rings. The number of amides is 3. The number of carbonyl (C=O) groups is 3. The van der Waals surface area contributed by atoms with Gasteiger partial charge in [0.25, 0.3) is 0 Å². The van der Waals surface area contributed by atoms with E-state index in [-0.39, 0.29) is 30.1 Å². The molecular formula is C24H34FN3O4. The van der Waals surface area contributed by atoms with Crippen molar-refractivity contribution in [3.8, 4) is 0 Å². The summed E-state index contributed by atoms with van der Waals surface area (Å²) in [7, 11) is 0. The molecule has 3 amide bonds. The minimum Gasteiger partial charge on any atom is -0.444 e. The molecule has 7 nitrogen and oxygen atoms in total. The van der Waals surface area contributed by atoms with Crippen molar-refractivity contribution in [1.82, 2.24) is 15.1 Å². The Bertz CT molecular complexity index is 859. The number of benzene rings is 1. The lowest BCUT2D eigenvalue weighted by atomic mass is 9.95. The van der Waals surface area contributed by atoms with Crippen LogP contribution < -0.4 is 5.32 Å². The number of hydrogen-bond donors (Lipinski definition) is 1. The van der Waals surface area contributed by atoms with E-state index in [1.54, 1.807) is 24.0 Å². The van der Waals surface area contributed by atoms with E-state index >= 15 is 0 Å². The van der Waals surface area contributed by atoms with Crippen LogP contribution in [0.1, 0.15) is 57.6 Å². The van der Waals surface area contributed by atoms with Crippen LogP contribution in [-0.4, -0.2) is 59.0 Å². The molecule has 2 heterocycles. The molecule has 0 saturated carbocycles. The van der Waals surface area contributed by atoms with Crippen LogP contribution in [0.4, 0.5) is 9.18 Å². The van der Waals surface area contributed by atoms with Gasteiger partial charge in [-0.15, -0.1) is 0 Å². The molecule has 0 bridgehead atoms. The predicted molar refractivity (Wildman–Crippen MR) is 118 cm³/mol. The first-order valence-corrected chi connectivity index (χ1v) is 11.4. The summed E-state index contributed by atoms with van der Waals surface area (Å²) < 4.78 is 19.1. The molecule has 0 unspecified atom stereocenters. The molecule has 0 radical (unpaired) electrons. The van der Waals surface area contributed by atoms with Gasteiger partial charge in [-0.1, -0.05) is 12.1 Å². The van der Waals surface area contributed by atoms with Gasteiger partial charge in [-0.25, -0.2) is 9.18 Å². The highest BCUT2D eigenvalue weighted by atomic mass is 19.1. The monoisotopic (exact) mass is 447 g/mol. The molecule has 3 rings (SSSR count). The highest BCUT2D eigenvalue weighted by Gasteiger charge is 2.39. The van der Waals surface area contributed by atoms with Crippen LogP contribution in [0.25, 0.3) is 0 Å². The Labute approximate surface area is 189 Å². The smallest absolute Gasteiger partial charge is 0.410 e. The maximum absolute atomic E-state index is 13.7. The van der Waals surface area contributed by atoms with Crippen molar-refractivity contribution in [2.45, 2.75) is 71.6 Å². The zero-order chi connectivity index (χ0) is 23.5. The Hall–Kier alpha value is -2.64. The van der Waals surface area contributed by atoms with Crippen molar-refractivity contribution in [2.24, 2.45) is 5.92 Å². The van der Waals surface area contributed by atoms with Gasteiger partial charge in [0.05, 0.1) is 0 Å². The van der Waals surface area contributed by atoms with Gasteiger partial charge in [-0.3, -0.25) is 14.5 Å². The number of hydrogen-bond acceptors (Lipinski definition) is 4. The molecular weight excluding hydrogens is 413 g/mol. The minimum absolute atomic E-state index is 0.0673. The second kappa shape index (κ2) is 9.88. The fourth-order valence-electron chi connectivity index (χ4n) is 4.22. The number of nitrogens with one attached hydrogen (secondary N) is 1. The van der Waals surface area contributed by atoms with Crippen LogP contribution in [-0.2, 0) is 20.9 Å². The molecule has 0 aliphatic carbocycles. The number of likely N-dealkylation sites (tertiary alicyclic amines) is 2. The van der Waals surface area contributed by atoms with Crippen LogP contribution in [0, 0.1) is 18.7 Å². The molecule has 1 N–H and O–H groups in total. The normalized spacial score (nSPS) is 19.7. The van der Waals surface area contributed by atoms with Crippen molar-refractivity contribution in [2.75, 3.05) is 19.6 Å². The Kier molecular flexibility index (Phi) is 7.41. The van der Waals surface area contributed by atoms with E-state index in [0.717, 1.165) is 12.0 Å². The summed E-state index contributed by atoms with van der Waals surface area (Å²) in [5.41, 5.74) is 0.686. The topological polar surface area (TPSA) is 79.0 Å². The first-order chi connectivity index (χ1) is 15.0. The number of carbonyl (C=O) groups excluding carboxylic acids is 3. The van der Waals surface area contributed by atoms with Gasteiger partial charge >= 0.3 is 6.09 Å². The Morgan fingerprint density at radius 1 is 1.12 bits per heavy atom. The zero-order valence-corrected chi connectivity index (χ0v) is 19.4. The lowest BCUT2D eigenvalue weighted by molar-refractivity contribution is -0.139. The number of halogens is 1. The lowest BCUT2D eigenvalue weighted by Crippen LogP contribution is -2.51. The van der Waals surface area contributed by atoms with Crippen molar-refractivity contribution < 1.29 is 23.5 Å². The zero-order valence-electron chi connectivity index (χ0n) is 19.4. The first kappa shape index (κ1) is 24.0. The highest BCUT2D eigenvalue weighted by molar-refractivity contribution is 5.87. The fraction of sp³-hybridized carbons (Fsp3) is 0.625. The van der Waals surface area contributed by atoms with E-state index in [1.165, 1.54) is 11.0 Å². The van der Waals surface area contributed by atoms with E-state index in [1.807, 2.05) is 20.8 Å². The summed E-state index contributed by atoms with van der Waals surface area (Å²) in [6, 6.07) is 4.45. The summed E-state index contributed by atoms with van der Waals surface area (Å²) >= 11 is 0. The van der Waals surface area contributed by atoms with Gasteiger partial charge in [0, 0.05) is 32.1 Å². The van der Waals surface area contributed by atoms with Gasteiger partial charge in [-0.05, 0) is 70.6 Å². The van der Waals surface area contributed by atoms with Crippen LogP contribution in [0.3, 0.4) is 0 Å². The van der Waals surface area contributed by atoms with Crippen molar-refractivity contribution in [1.29, 1.82) is 0 Å². The fourth-order valence-corrected chi connectivity index (χ4v) is 4.22. The van der Waals surface area contributed by atoms with Crippen LogP contribution >= 0.6 is 0 Å². The Morgan fingerprint density at radius 3 is 2.44 bits per heavy atom. The van der Waals surface area contributed by atoms with Crippen molar-refractivity contribution >= 4 is 17.9 Å². The molecule has 32 heavy (non-hydrogen) atoms. The first-order valence-electron chi connectivity index (χ1n) is 11.4. The number of piperidine rings is 1. The third kappa shape index (κ3) is 5.99. The van der Waals surface area contributed by atoms with E-state index in [0.29, 0.717) is 44.5 Å². The van der Waals surface area contributed by atoms with E-state index < -0.39 is 17.7 Å². The van der Waals surface area contributed by atoms with Gasteiger partial charge in [0.15, 0.2) is 0 Å². The number of nitrogens with zero attached hydrogens (tertiary/aromatic N) is 2. The molecule has 2 fully saturated rings. The average molecular weight is 448 g/mol. The highest BCUT2D eigenvalue weighted by Crippen LogP contribution is 2.25. The molecule has 1 atom stereocenters. The third-order valence-corrected chi connectivity index (χ3v) is 6.05. The lowest BCUT2D eigenvalue weighted by Gasteiger charge is -2.35. The van der Waals surface area contributed by atoms with Gasteiger partial charge in [-0.2, -0.15) is 0 Å². The van der Waals surface area contributed by atoms with Crippen LogP contribution in [0.5, 0.6) is 0 Å². The molecule has 2 aliphatic rings. The van der Waals surface area contributed by atoms with Gasteiger partial charge in [0.1, 0.15) is 17.5 Å². The molecule has 176 valence electrons. The average Bonchev–Trinajstić information content (AvgIpc) is 3.23. The molecule has 8 heteroatoms. The molecule has 2 aliphatic heterocycles. The number of rotatable bonds is 4. The second-order valence-electron chi connectivity index (χ2n) is 9.73. The third-order valence-electron chi connectivity index (χ3n) is 6.05. The van der Waals surface area contributed by atoms with Crippen LogP contribution in [0.2, 0.25) is 0 Å². The van der Waals surface area contributed by atoms with Gasteiger partial charge < -0.3 is 15.0 Å². The maximum atomic E-state index is 13.7. The molecule has 0 aromatic heterocycles. The van der Waals surface area contributed by atoms with E-state index in [9.17, 15) is 18.8 Å². The second-order valence-corrected chi connectivity index (χ2v) is 9.73. The molecule has 2 saturated heterocycles. The summed E-state index contributed by atoms with van der Waals surface area (Å²) in [4.78, 5) is 41.4. The Morgan fingerprint density at radius 2 is 1.81 bits per heavy atom. The number of aryl methyl sites for hydroxylation is 1. The van der Waals surface area contributed by atoms with E-state index in [2.05, 4.69) is 5.32 Å². The van der Waals surface area contributed by atoms with Crippen molar-refractivity contribution in [3.63, 3.8) is 0 Å². The Balaban J connectivity index is 1.49. The summed E-state index contributed by atoms with van der Waals surface area (Å²) in [5, 5.41) is 2.88. The number of ether oxygens (including phenoxy) is 1. The molecule has 0 spiro atoms. The maximum Gasteiger partial charge on any atom is 0.410 e. The SMILES string of the molecule is Cc1ccc(CNC(=O)C2CCN(C(=O)[C@@H]3CCCN3C(=O)OC(C)(C)C)CC2)cc1F. The minimum atomic E-state index is -0.608. The van der Waals surface area contributed by atoms with E-state index in [4.69, 9.17) is 4.74 Å². The summed E-state index contributed by atoms with van der Waals surface area (Å²) in [6.45, 7) is 8.88. The van der Waals surface area contributed by atoms with Crippen LogP contribution in [0.15, 0.2) is 18.2 Å².